The molecule has 2 aromatic rings. The van der Waals surface area contributed by atoms with Crippen LogP contribution in [0.25, 0.3) is 10.9 Å². The molecule has 1 aromatic heterocycles. The molecule has 1 aromatic carbocycles. The molecule has 1 atom stereocenters. The number of alkyl halides is 2. The van der Waals surface area contributed by atoms with Gasteiger partial charge in [-0.1, -0.05) is 0 Å². The Morgan fingerprint density at radius 1 is 1.39 bits per heavy atom. The number of rotatable bonds is 7. The smallest absolute Gasteiger partial charge is 0.345 e. The fraction of sp³-hybridized carbons (Fsp3) is 0.529. The predicted molar refractivity (Wildman–Crippen MR) is 85.1 cm³/mol. The molecule has 1 fully saturated rings. The molecule has 0 amide bonds. The van der Waals surface area contributed by atoms with Crippen molar-refractivity contribution in [1.29, 1.82) is 0 Å². The van der Waals surface area contributed by atoms with Crippen LogP contribution in [0.4, 0.5) is 8.78 Å². The zero-order chi connectivity index (χ0) is 16.2. The Balaban J connectivity index is 1.63. The predicted octanol–water partition coefficient (Wildman–Crippen LogP) is 3.42. The summed E-state index contributed by atoms with van der Waals surface area (Å²) in [6.07, 6.45) is 4.86. The van der Waals surface area contributed by atoms with Crippen LogP contribution in [0, 0.1) is 0 Å². The number of methoxy groups -OCH3 is 1. The molecule has 2 heterocycles. The van der Waals surface area contributed by atoms with E-state index in [4.69, 9.17) is 4.74 Å². The van der Waals surface area contributed by atoms with Gasteiger partial charge in [0, 0.05) is 29.7 Å². The third kappa shape index (κ3) is 3.82. The van der Waals surface area contributed by atoms with Crippen LogP contribution < -0.4 is 4.74 Å². The maximum Gasteiger partial charge on any atom is 0.345 e. The fourth-order valence-corrected chi connectivity index (χ4v) is 3.32. The summed E-state index contributed by atoms with van der Waals surface area (Å²) in [5, 5.41) is 1.16. The lowest BCUT2D eigenvalue weighted by Crippen LogP contribution is -2.35. The molecule has 1 N–H and O–H groups in total. The normalized spacial score (nSPS) is 19.0. The SMILES string of the molecule is COc1ccc2[nH]cc(CCN3CCC[C@@H]3COC(F)F)c2c1. The number of nitrogens with zero attached hydrogens (tertiary/aromatic N) is 1. The Hall–Kier alpha value is -1.66. The maximum absolute atomic E-state index is 12.2. The number of benzene rings is 1. The van der Waals surface area contributed by atoms with Crippen molar-refractivity contribution in [3.63, 3.8) is 0 Å². The zero-order valence-electron chi connectivity index (χ0n) is 13.2. The highest BCUT2D eigenvalue weighted by molar-refractivity contribution is 5.84. The Morgan fingerprint density at radius 2 is 2.26 bits per heavy atom. The molecule has 0 saturated carbocycles. The highest BCUT2D eigenvalue weighted by atomic mass is 19.3. The molecule has 1 aliphatic heterocycles. The number of aromatic nitrogens is 1. The molecule has 4 nitrogen and oxygen atoms in total. The van der Waals surface area contributed by atoms with Gasteiger partial charge in [-0.2, -0.15) is 8.78 Å². The summed E-state index contributed by atoms with van der Waals surface area (Å²) in [5.74, 6) is 0.836. The summed E-state index contributed by atoms with van der Waals surface area (Å²) >= 11 is 0. The van der Waals surface area contributed by atoms with Gasteiger partial charge in [-0.25, -0.2) is 0 Å². The number of likely N-dealkylation sites (tertiary alicyclic amines) is 1. The highest BCUT2D eigenvalue weighted by Gasteiger charge is 2.25. The van der Waals surface area contributed by atoms with Crippen molar-refractivity contribution in [1.82, 2.24) is 9.88 Å². The summed E-state index contributed by atoms with van der Waals surface area (Å²) < 4.78 is 34.2. The number of fused-ring (bicyclic) bond motifs is 1. The number of hydrogen-bond donors (Lipinski definition) is 1. The largest absolute Gasteiger partial charge is 0.497 e. The molecule has 23 heavy (non-hydrogen) atoms. The number of halogens is 2. The standard InChI is InChI=1S/C17H22F2N2O2/c1-22-14-4-5-16-15(9-14)12(10-20-16)6-8-21-7-2-3-13(21)11-23-17(18)19/h4-5,9-10,13,17,20H,2-3,6-8,11H2,1H3/t13-/m1/s1. The van der Waals surface area contributed by atoms with E-state index in [0.29, 0.717) is 0 Å². The minimum Gasteiger partial charge on any atom is -0.497 e. The molecule has 0 radical (unpaired) electrons. The van der Waals surface area contributed by atoms with Crippen LogP contribution in [-0.2, 0) is 11.2 Å². The minimum absolute atomic E-state index is 0.101. The third-order valence-corrected chi connectivity index (χ3v) is 4.56. The van der Waals surface area contributed by atoms with Crippen LogP contribution in [0.15, 0.2) is 24.4 Å². The van der Waals surface area contributed by atoms with Crippen molar-refractivity contribution in [3.05, 3.63) is 30.0 Å². The molecule has 0 spiro atoms. The van der Waals surface area contributed by atoms with Crippen molar-refractivity contribution in [2.24, 2.45) is 0 Å². The van der Waals surface area contributed by atoms with Crippen LogP contribution in [-0.4, -0.2) is 49.3 Å². The van der Waals surface area contributed by atoms with Crippen molar-refractivity contribution in [3.8, 4) is 5.75 Å². The molecule has 6 heteroatoms. The summed E-state index contributed by atoms with van der Waals surface area (Å²) in [7, 11) is 1.66. The van der Waals surface area contributed by atoms with Gasteiger partial charge in [0.15, 0.2) is 0 Å². The van der Waals surface area contributed by atoms with Gasteiger partial charge in [0.2, 0.25) is 0 Å². The summed E-state index contributed by atoms with van der Waals surface area (Å²) in [6, 6.07) is 6.07. The molecule has 3 rings (SSSR count). The first-order valence-electron chi connectivity index (χ1n) is 7.95. The molecule has 126 valence electrons. The molecular weight excluding hydrogens is 302 g/mol. The van der Waals surface area contributed by atoms with E-state index in [0.717, 1.165) is 49.0 Å². The first kappa shape index (κ1) is 16.2. The second-order valence-corrected chi connectivity index (χ2v) is 5.90. The van der Waals surface area contributed by atoms with Crippen molar-refractivity contribution < 1.29 is 18.3 Å². The van der Waals surface area contributed by atoms with Gasteiger partial charge in [-0.15, -0.1) is 0 Å². The summed E-state index contributed by atoms with van der Waals surface area (Å²) in [4.78, 5) is 5.52. The van der Waals surface area contributed by atoms with Crippen LogP contribution in [0.5, 0.6) is 5.75 Å². The second kappa shape index (κ2) is 7.27. The Bertz CT molecular complexity index is 645. The average Bonchev–Trinajstić information content (AvgIpc) is 3.16. The minimum atomic E-state index is -2.68. The second-order valence-electron chi connectivity index (χ2n) is 5.90. The molecule has 0 unspecified atom stereocenters. The lowest BCUT2D eigenvalue weighted by atomic mass is 10.1. The zero-order valence-corrected chi connectivity index (χ0v) is 13.2. The van der Waals surface area contributed by atoms with Crippen molar-refractivity contribution >= 4 is 10.9 Å². The van der Waals surface area contributed by atoms with Gasteiger partial charge in [0.25, 0.3) is 0 Å². The van der Waals surface area contributed by atoms with Gasteiger partial charge >= 0.3 is 6.61 Å². The average molecular weight is 324 g/mol. The third-order valence-electron chi connectivity index (χ3n) is 4.56. The number of ether oxygens (including phenoxy) is 2. The van der Waals surface area contributed by atoms with Crippen LogP contribution >= 0.6 is 0 Å². The molecule has 1 aliphatic rings. The van der Waals surface area contributed by atoms with Gasteiger partial charge in [-0.05, 0) is 49.6 Å². The van der Waals surface area contributed by atoms with E-state index >= 15 is 0 Å². The molecule has 1 saturated heterocycles. The quantitative estimate of drug-likeness (QED) is 0.848. The lowest BCUT2D eigenvalue weighted by molar-refractivity contribution is -0.138. The Kier molecular flexibility index (Phi) is 5.13. The van der Waals surface area contributed by atoms with Crippen LogP contribution in [0.3, 0.4) is 0 Å². The van der Waals surface area contributed by atoms with Gasteiger partial charge < -0.3 is 14.5 Å². The van der Waals surface area contributed by atoms with E-state index in [9.17, 15) is 8.78 Å². The van der Waals surface area contributed by atoms with Crippen LogP contribution in [0.1, 0.15) is 18.4 Å². The van der Waals surface area contributed by atoms with E-state index in [1.165, 1.54) is 5.56 Å². The number of H-pyrrole nitrogens is 1. The monoisotopic (exact) mass is 324 g/mol. The Labute approximate surface area is 134 Å². The van der Waals surface area contributed by atoms with Crippen molar-refractivity contribution in [2.45, 2.75) is 31.9 Å². The molecule has 0 bridgehead atoms. The molecule has 0 aliphatic carbocycles. The fourth-order valence-electron chi connectivity index (χ4n) is 3.32. The summed E-state index contributed by atoms with van der Waals surface area (Å²) in [5.41, 5.74) is 2.30. The first-order valence-corrected chi connectivity index (χ1v) is 7.95. The lowest BCUT2D eigenvalue weighted by Gasteiger charge is -2.24. The number of aromatic amines is 1. The maximum atomic E-state index is 12.2. The van der Waals surface area contributed by atoms with E-state index in [-0.39, 0.29) is 12.6 Å². The van der Waals surface area contributed by atoms with E-state index in [1.54, 1.807) is 7.11 Å². The van der Waals surface area contributed by atoms with E-state index in [1.807, 2.05) is 24.4 Å². The Morgan fingerprint density at radius 3 is 3.04 bits per heavy atom. The van der Waals surface area contributed by atoms with Gasteiger partial charge in [-0.3, -0.25) is 4.90 Å². The van der Waals surface area contributed by atoms with Crippen molar-refractivity contribution in [2.75, 3.05) is 26.8 Å². The number of nitrogens with one attached hydrogen (secondary N) is 1. The topological polar surface area (TPSA) is 37.5 Å². The molecular formula is C17H22F2N2O2. The highest BCUT2D eigenvalue weighted by Crippen LogP contribution is 2.25. The van der Waals surface area contributed by atoms with E-state index in [2.05, 4.69) is 14.6 Å². The summed E-state index contributed by atoms with van der Waals surface area (Å²) in [6.45, 7) is -0.775. The number of hydrogen-bond acceptors (Lipinski definition) is 3. The van der Waals surface area contributed by atoms with Gasteiger partial charge in [0.05, 0.1) is 13.7 Å². The van der Waals surface area contributed by atoms with E-state index < -0.39 is 6.61 Å². The van der Waals surface area contributed by atoms with Gasteiger partial charge in [0.1, 0.15) is 5.75 Å². The first-order chi connectivity index (χ1) is 11.2. The van der Waals surface area contributed by atoms with Crippen LogP contribution in [0.2, 0.25) is 0 Å².